The van der Waals surface area contributed by atoms with Crippen LogP contribution in [0.4, 0.5) is 5.69 Å². The molecule has 2 aromatic rings. The number of nitrogens with one attached hydrogen (secondary N) is 1. The predicted molar refractivity (Wildman–Crippen MR) is 76.0 cm³/mol. The minimum atomic E-state index is 0.598. The molecule has 1 heterocycles. The number of anilines is 1. The number of hydrogen-bond donors (Lipinski definition) is 1. The summed E-state index contributed by atoms with van der Waals surface area (Å²) < 4.78 is 5.24. The second-order valence-electron chi connectivity index (χ2n) is 4.48. The third-order valence-corrected chi connectivity index (χ3v) is 2.92. The molecule has 18 heavy (non-hydrogen) atoms. The second-order valence-corrected chi connectivity index (χ2v) is 4.48. The van der Waals surface area contributed by atoms with Gasteiger partial charge in [-0.05, 0) is 19.4 Å². The van der Waals surface area contributed by atoms with Crippen LogP contribution in [0.15, 0.2) is 24.3 Å². The van der Waals surface area contributed by atoms with Crippen molar-refractivity contribution in [2.45, 2.75) is 26.9 Å². The topological polar surface area (TPSA) is 34.2 Å². The second kappa shape index (κ2) is 5.83. The van der Waals surface area contributed by atoms with Crippen LogP contribution in [-0.2, 0) is 11.3 Å². The molecule has 0 spiro atoms. The largest absolute Gasteiger partial charge is 0.384 e. The highest BCUT2D eigenvalue weighted by Gasteiger charge is 2.07. The van der Waals surface area contributed by atoms with E-state index in [4.69, 9.17) is 4.74 Å². The number of methoxy groups -OCH3 is 1. The van der Waals surface area contributed by atoms with Crippen LogP contribution in [-0.4, -0.2) is 18.6 Å². The molecule has 2 rings (SSSR count). The lowest BCUT2D eigenvalue weighted by Gasteiger charge is -2.12. The van der Waals surface area contributed by atoms with Crippen molar-refractivity contribution in [3.8, 4) is 0 Å². The van der Waals surface area contributed by atoms with Crippen molar-refractivity contribution in [3.05, 3.63) is 35.5 Å². The molecule has 0 saturated carbocycles. The van der Waals surface area contributed by atoms with Gasteiger partial charge in [0.15, 0.2) is 0 Å². The molecule has 1 aromatic carbocycles. The first-order valence-electron chi connectivity index (χ1n) is 6.38. The standard InChI is InChI=1S/C15H20N2O/c1-4-8-16-14-9-11(2)17-15-12(10-18-3)6-5-7-13(14)15/h5-7,9H,4,8,10H2,1-3H3,(H,16,17). The van der Waals surface area contributed by atoms with Gasteiger partial charge >= 0.3 is 0 Å². The van der Waals surface area contributed by atoms with Crippen LogP contribution in [0.3, 0.4) is 0 Å². The average Bonchev–Trinajstić information content (AvgIpc) is 2.37. The molecule has 3 heteroatoms. The first kappa shape index (κ1) is 12.8. The summed E-state index contributed by atoms with van der Waals surface area (Å²) in [6.07, 6.45) is 1.11. The number of rotatable bonds is 5. The van der Waals surface area contributed by atoms with Gasteiger partial charge in [0, 0.05) is 36.0 Å². The van der Waals surface area contributed by atoms with Gasteiger partial charge in [0.2, 0.25) is 0 Å². The first-order chi connectivity index (χ1) is 8.76. The van der Waals surface area contributed by atoms with Crippen molar-refractivity contribution in [1.82, 2.24) is 4.98 Å². The van der Waals surface area contributed by atoms with Crippen LogP contribution in [0, 0.1) is 6.92 Å². The summed E-state index contributed by atoms with van der Waals surface area (Å²) in [5.41, 5.74) is 4.37. The summed E-state index contributed by atoms with van der Waals surface area (Å²) in [5, 5.41) is 4.64. The van der Waals surface area contributed by atoms with Gasteiger partial charge in [0.25, 0.3) is 0 Å². The Kier molecular flexibility index (Phi) is 4.15. The number of ether oxygens (including phenoxy) is 1. The summed E-state index contributed by atoms with van der Waals surface area (Å²) in [5.74, 6) is 0. The van der Waals surface area contributed by atoms with Gasteiger partial charge < -0.3 is 10.1 Å². The highest BCUT2D eigenvalue weighted by atomic mass is 16.5. The number of pyridine rings is 1. The molecule has 3 nitrogen and oxygen atoms in total. The lowest BCUT2D eigenvalue weighted by Crippen LogP contribution is -2.02. The molecule has 0 radical (unpaired) electrons. The van der Waals surface area contributed by atoms with Crippen molar-refractivity contribution in [1.29, 1.82) is 0 Å². The van der Waals surface area contributed by atoms with Gasteiger partial charge in [-0.25, -0.2) is 0 Å². The Balaban J connectivity index is 2.54. The summed E-state index contributed by atoms with van der Waals surface area (Å²) >= 11 is 0. The molecule has 0 unspecified atom stereocenters. The predicted octanol–water partition coefficient (Wildman–Crippen LogP) is 3.51. The van der Waals surface area contributed by atoms with E-state index in [2.05, 4.69) is 41.5 Å². The molecule has 0 amide bonds. The van der Waals surface area contributed by atoms with Gasteiger partial charge in [-0.15, -0.1) is 0 Å². The molecular weight excluding hydrogens is 224 g/mol. The van der Waals surface area contributed by atoms with Crippen molar-refractivity contribution in [3.63, 3.8) is 0 Å². The number of para-hydroxylation sites is 1. The van der Waals surface area contributed by atoms with Crippen LogP contribution in [0.25, 0.3) is 10.9 Å². The van der Waals surface area contributed by atoms with E-state index in [0.29, 0.717) is 6.61 Å². The molecule has 0 saturated heterocycles. The number of nitrogens with zero attached hydrogens (tertiary/aromatic N) is 1. The minimum Gasteiger partial charge on any atom is -0.384 e. The van der Waals surface area contributed by atoms with E-state index in [1.807, 2.05) is 6.92 Å². The molecule has 0 aliphatic heterocycles. The third kappa shape index (κ3) is 2.62. The van der Waals surface area contributed by atoms with Crippen LogP contribution >= 0.6 is 0 Å². The number of fused-ring (bicyclic) bond motifs is 1. The van der Waals surface area contributed by atoms with E-state index < -0.39 is 0 Å². The Morgan fingerprint density at radius 3 is 2.89 bits per heavy atom. The number of hydrogen-bond acceptors (Lipinski definition) is 3. The molecular formula is C15H20N2O. The Morgan fingerprint density at radius 1 is 1.33 bits per heavy atom. The molecule has 0 bridgehead atoms. The molecule has 0 aliphatic rings. The minimum absolute atomic E-state index is 0.598. The fourth-order valence-corrected chi connectivity index (χ4v) is 2.11. The van der Waals surface area contributed by atoms with Crippen LogP contribution in [0.1, 0.15) is 24.6 Å². The van der Waals surface area contributed by atoms with Crippen LogP contribution < -0.4 is 5.32 Å². The van der Waals surface area contributed by atoms with Crippen LogP contribution in [0.2, 0.25) is 0 Å². The van der Waals surface area contributed by atoms with E-state index in [0.717, 1.165) is 35.4 Å². The number of benzene rings is 1. The van der Waals surface area contributed by atoms with Crippen molar-refractivity contribution in [2.24, 2.45) is 0 Å². The first-order valence-corrected chi connectivity index (χ1v) is 6.38. The molecule has 96 valence electrons. The summed E-state index contributed by atoms with van der Waals surface area (Å²) in [6, 6.07) is 8.35. The molecule has 1 N–H and O–H groups in total. The molecule has 0 fully saturated rings. The van der Waals surface area contributed by atoms with Gasteiger partial charge in [0.05, 0.1) is 12.1 Å². The SMILES string of the molecule is CCCNc1cc(C)nc2c(COC)cccc12. The van der Waals surface area contributed by atoms with E-state index >= 15 is 0 Å². The third-order valence-electron chi connectivity index (χ3n) is 2.92. The fraction of sp³-hybridized carbons (Fsp3) is 0.400. The highest BCUT2D eigenvalue weighted by molar-refractivity contribution is 5.93. The smallest absolute Gasteiger partial charge is 0.0781 e. The van der Waals surface area contributed by atoms with E-state index in [1.165, 1.54) is 5.39 Å². The zero-order chi connectivity index (χ0) is 13.0. The monoisotopic (exact) mass is 244 g/mol. The van der Waals surface area contributed by atoms with E-state index in [1.54, 1.807) is 7.11 Å². The van der Waals surface area contributed by atoms with Crippen molar-refractivity contribution < 1.29 is 4.74 Å². The number of aromatic nitrogens is 1. The van der Waals surface area contributed by atoms with Gasteiger partial charge in [0.1, 0.15) is 0 Å². The van der Waals surface area contributed by atoms with Gasteiger partial charge in [-0.3, -0.25) is 4.98 Å². The van der Waals surface area contributed by atoms with Crippen LogP contribution in [0.5, 0.6) is 0 Å². The average molecular weight is 244 g/mol. The Labute approximate surface area is 108 Å². The zero-order valence-electron chi connectivity index (χ0n) is 11.3. The Hall–Kier alpha value is -1.61. The molecule has 0 atom stereocenters. The molecule has 1 aromatic heterocycles. The molecule has 0 aliphatic carbocycles. The quantitative estimate of drug-likeness (QED) is 0.874. The lowest BCUT2D eigenvalue weighted by molar-refractivity contribution is 0.186. The van der Waals surface area contributed by atoms with E-state index in [-0.39, 0.29) is 0 Å². The summed E-state index contributed by atoms with van der Waals surface area (Å²) in [4.78, 5) is 4.64. The highest BCUT2D eigenvalue weighted by Crippen LogP contribution is 2.26. The van der Waals surface area contributed by atoms with Crippen molar-refractivity contribution >= 4 is 16.6 Å². The fourth-order valence-electron chi connectivity index (χ4n) is 2.11. The van der Waals surface area contributed by atoms with Gasteiger partial charge in [-0.1, -0.05) is 25.1 Å². The maximum atomic E-state index is 5.24. The van der Waals surface area contributed by atoms with Crippen molar-refractivity contribution in [2.75, 3.05) is 19.0 Å². The maximum Gasteiger partial charge on any atom is 0.0781 e. The zero-order valence-corrected chi connectivity index (χ0v) is 11.3. The lowest BCUT2D eigenvalue weighted by atomic mass is 10.1. The summed E-state index contributed by atoms with van der Waals surface area (Å²) in [7, 11) is 1.71. The Bertz CT molecular complexity index is 537. The van der Waals surface area contributed by atoms with E-state index in [9.17, 15) is 0 Å². The Morgan fingerprint density at radius 2 is 2.17 bits per heavy atom. The normalized spacial score (nSPS) is 10.8. The number of aryl methyl sites for hydroxylation is 1. The van der Waals surface area contributed by atoms with Gasteiger partial charge in [-0.2, -0.15) is 0 Å². The maximum absolute atomic E-state index is 5.24. The summed E-state index contributed by atoms with van der Waals surface area (Å²) in [6.45, 7) is 5.77.